The van der Waals surface area contributed by atoms with Gasteiger partial charge in [-0.05, 0) is 35.4 Å². The normalized spacial score (nSPS) is 9.23. The van der Waals surface area contributed by atoms with Gasteiger partial charge in [0, 0.05) is 12.1 Å². The fourth-order valence-corrected chi connectivity index (χ4v) is 2.35. The molecule has 0 fully saturated rings. The number of esters is 1. The molecule has 0 atom stereocenters. The molecule has 2 aromatic carbocycles. The highest BCUT2D eigenvalue weighted by Gasteiger charge is 2.07. The third kappa shape index (κ3) is 9.18. The fourth-order valence-electron chi connectivity index (χ4n) is 2.35. The van der Waals surface area contributed by atoms with Crippen LogP contribution in [0.2, 0.25) is 0 Å². The Bertz CT molecular complexity index is 772. The highest BCUT2D eigenvalue weighted by molar-refractivity contribution is 5.72. The van der Waals surface area contributed by atoms with E-state index in [2.05, 4.69) is 4.74 Å². The molecule has 8 heteroatoms. The molecule has 0 aliphatic heterocycles. The van der Waals surface area contributed by atoms with E-state index in [4.69, 9.17) is 24.1 Å². The molecule has 2 rings (SSSR count). The number of hydrogen-bond acceptors (Lipinski definition) is 7. The largest absolute Gasteiger partial charge is 0.497 e. The zero-order chi connectivity index (χ0) is 21.8. The molecule has 2 aromatic rings. The van der Waals surface area contributed by atoms with Crippen LogP contribution in [0.4, 0.5) is 0 Å². The molecule has 0 radical (unpaired) electrons. The van der Waals surface area contributed by atoms with Crippen LogP contribution in [-0.2, 0) is 27.2 Å². The Labute approximate surface area is 177 Å². The molecule has 1 N–H and O–H groups in total. The standard InChI is InChI=1S/C11H14O4.C10H12O4.CH4/c1-13-9-4-8(6-11(12)15-3)5-10(7-9)14-2;1-13-8-3-7(5-10(11)12)4-9(6-8)14-2;/h4-5,7H,6H2,1-3H3;3-4,6H,5H2,1-2H3,(H,11,12);1H4. The summed E-state index contributed by atoms with van der Waals surface area (Å²) in [4.78, 5) is 21.6. The summed E-state index contributed by atoms with van der Waals surface area (Å²) in [6.45, 7) is 0. The van der Waals surface area contributed by atoms with E-state index in [9.17, 15) is 9.59 Å². The van der Waals surface area contributed by atoms with Crippen molar-refractivity contribution in [1.82, 2.24) is 0 Å². The van der Waals surface area contributed by atoms with Crippen LogP contribution in [0.5, 0.6) is 23.0 Å². The number of carboxylic acid groups (broad SMARTS) is 1. The lowest BCUT2D eigenvalue weighted by atomic mass is 10.1. The summed E-state index contributed by atoms with van der Waals surface area (Å²) in [5, 5.41) is 8.61. The van der Waals surface area contributed by atoms with E-state index in [-0.39, 0.29) is 26.2 Å². The predicted molar refractivity (Wildman–Crippen MR) is 113 cm³/mol. The van der Waals surface area contributed by atoms with E-state index in [0.29, 0.717) is 28.6 Å². The first kappa shape index (κ1) is 26.6. The van der Waals surface area contributed by atoms with Gasteiger partial charge in [-0.1, -0.05) is 7.43 Å². The van der Waals surface area contributed by atoms with Crippen molar-refractivity contribution in [3.05, 3.63) is 47.5 Å². The molecule has 0 bridgehead atoms. The fraction of sp³-hybridized carbons (Fsp3) is 0.364. The first-order valence-electron chi connectivity index (χ1n) is 8.57. The number of carboxylic acids is 1. The van der Waals surface area contributed by atoms with E-state index in [1.54, 1.807) is 50.6 Å². The summed E-state index contributed by atoms with van der Waals surface area (Å²) < 4.78 is 24.8. The van der Waals surface area contributed by atoms with E-state index in [1.807, 2.05) is 0 Å². The third-order valence-corrected chi connectivity index (χ3v) is 3.75. The van der Waals surface area contributed by atoms with Gasteiger partial charge in [0.25, 0.3) is 0 Å². The van der Waals surface area contributed by atoms with Crippen LogP contribution < -0.4 is 18.9 Å². The Balaban J connectivity index is 0.000000544. The summed E-state index contributed by atoms with van der Waals surface area (Å²) in [7, 11) is 7.55. The van der Waals surface area contributed by atoms with E-state index < -0.39 is 5.97 Å². The first-order chi connectivity index (χ1) is 13.8. The number of carbonyl (C=O) groups excluding carboxylic acids is 1. The second-order valence-corrected chi connectivity index (χ2v) is 5.77. The van der Waals surface area contributed by atoms with Gasteiger partial charge in [-0.2, -0.15) is 0 Å². The van der Waals surface area contributed by atoms with Gasteiger partial charge in [0.2, 0.25) is 0 Å². The van der Waals surface area contributed by atoms with Crippen molar-refractivity contribution >= 4 is 11.9 Å². The number of benzene rings is 2. The lowest BCUT2D eigenvalue weighted by molar-refractivity contribution is -0.140. The lowest BCUT2D eigenvalue weighted by Gasteiger charge is -2.07. The Morgan fingerprint density at radius 3 is 1.27 bits per heavy atom. The third-order valence-electron chi connectivity index (χ3n) is 3.75. The molecule has 0 aliphatic rings. The molecule has 30 heavy (non-hydrogen) atoms. The highest BCUT2D eigenvalue weighted by atomic mass is 16.5. The van der Waals surface area contributed by atoms with Crippen LogP contribution in [0, 0.1) is 0 Å². The Morgan fingerprint density at radius 1 is 0.667 bits per heavy atom. The molecule has 8 nitrogen and oxygen atoms in total. The molecule has 166 valence electrons. The van der Waals surface area contributed by atoms with Gasteiger partial charge in [0.1, 0.15) is 23.0 Å². The van der Waals surface area contributed by atoms with Crippen molar-refractivity contribution in [2.75, 3.05) is 35.5 Å². The SMILES string of the molecule is C.COC(=O)Cc1cc(OC)cc(OC)c1.COc1cc(CC(=O)O)cc(OC)c1. The predicted octanol–water partition coefficient (Wildman–Crippen LogP) is 3.39. The van der Waals surface area contributed by atoms with Crippen molar-refractivity contribution in [1.29, 1.82) is 0 Å². The van der Waals surface area contributed by atoms with Crippen LogP contribution in [0.15, 0.2) is 36.4 Å². The van der Waals surface area contributed by atoms with Crippen LogP contribution in [0.1, 0.15) is 18.6 Å². The molecule has 0 saturated heterocycles. The maximum atomic E-state index is 11.1. The minimum absolute atomic E-state index is 0. The minimum Gasteiger partial charge on any atom is -0.497 e. The van der Waals surface area contributed by atoms with Gasteiger partial charge in [-0.15, -0.1) is 0 Å². The molecular weight excluding hydrogens is 392 g/mol. The average molecular weight is 422 g/mol. The molecule has 0 heterocycles. The quantitative estimate of drug-likeness (QED) is 0.646. The topological polar surface area (TPSA) is 101 Å². The van der Waals surface area contributed by atoms with E-state index in [1.165, 1.54) is 21.3 Å². The minimum atomic E-state index is -0.875. The number of aliphatic carboxylic acids is 1. The summed E-state index contributed by atoms with van der Waals surface area (Å²) >= 11 is 0. The van der Waals surface area contributed by atoms with E-state index in [0.717, 1.165) is 5.56 Å². The molecule has 0 spiro atoms. The summed E-state index contributed by atoms with van der Waals surface area (Å²) in [6, 6.07) is 10.4. The van der Waals surface area contributed by atoms with Gasteiger partial charge in [0.05, 0.1) is 48.4 Å². The first-order valence-corrected chi connectivity index (χ1v) is 8.57. The van der Waals surface area contributed by atoms with Gasteiger partial charge in [0.15, 0.2) is 0 Å². The highest BCUT2D eigenvalue weighted by Crippen LogP contribution is 2.23. The Kier molecular flexibility index (Phi) is 12.1. The molecule has 0 amide bonds. The number of methoxy groups -OCH3 is 5. The smallest absolute Gasteiger partial charge is 0.309 e. The maximum absolute atomic E-state index is 11.1. The number of carbonyl (C=O) groups is 2. The molecule has 0 aromatic heterocycles. The summed E-state index contributed by atoms with van der Waals surface area (Å²) in [5.41, 5.74) is 1.46. The number of ether oxygens (including phenoxy) is 5. The monoisotopic (exact) mass is 422 g/mol. The van der Waals surface area contributed by atoms with Crippen LogP contribution in [0.25, 0.3) is 0 Å². The van der Waals surface area contributed by atoms with E-state index >= 15 is 0 Å². The zero-order valence-electron chi connectivity index (χ0n) is 17.2. The lowest BCUT2D eigenvalue weighted by Crippen LogP contribution is -2.04. The molecular formula is C22H30O8. The van der Waals surface area contributed by atoms with Gasteiger partial charge < -0.3 is 28.8 Å². The second-order valence-electron chi connectivity index (χ2n) is 5.77. The Hall–Kier alpha value is -3.42. The van der Waals surface area contributed by atoms with Crippen LogP contribution >= 0.6 is 0 Å². The maximum Gasteiger partial charge on any atom is 0.309 e. The second kappa shape index (κ2) is 13.7. The van der Waals surface area contributed by atoms with Crippen LogP contribution in [-0.4, -0.2) is 52.6 Å². The van der Waals surface area contributed by atoms with Crippen molar-refractivity contribution in [3.8, 4) is 23.0 Å². The average Bonchev–Trinajstić information content (AvgIpc) is 2.72. The van der Waals surface area contributed by atoms with Crippen molar-refractivity contribution in [3.63, 3.8) is 0 Å². The molecule has 0 aliphatic carbocycles. The van der Waals surface area contributed by atoms with Gasteiger partial charge >= 0.3 is 11.9 Å². The van der Waals surface area contributed by atoms with Gasteiger partial charge in [-0.25, -0.2) is 0 Å². The Morgan fingerprint density at radius 2 is 1.00 bits per heavy atom. The molecule has 0 saturated carbocycles. The summed E-state index contributed by atoms with van der Waals surface area (Å²) in [6.07, 6.45) is 0.178. The summed E-state index contributed by atoms with van der Waals surface area (Å²) in [5.74, 6) is 1.35. The zero-order valence-corrected chi connectivity index (χ0v) is 17.2. The van der Waals surface area contributed by atoms with Gasteiger partial charge in [-0.3, -0.25) is 9.59 Å². The number of rotatable bonds is 8. The van der Waals surface area contributed by atoms with Crippen molar-refractivity contribution in [2.24, 2.45) is 0 Å². The van der Waals surface area contributed by atoms with Crippen molar-refractivity contribution in [2.45, 2.75) is 20.3 Å². The van der Waals surface area contributed by atoms with Crippen LogP contribution in [0.3, 0.4) is 0 Å². The number of hydrogen-bond donors (Lipinski definition) is 1. The molecule has 0 unspecified atom stereocenters. The van der Waals surface area contributed by atoms with Crippen molar-refractivity contribution < 1.29 is 38.4 Å².